The van der Waals surface area contributed by atoms with Gasteiger partial charge in [-0.05, 0) is 111 Å². The van der Waals surface area contributed by atoms with Crippen molar-refractivity contribution in [2.45, 2.75) is 220 Å². The van der Waals surface area contributed by atoms with Crippen LogP contribution in [0.2, 0.25) is 0 Å². The van der Waals surface area contributed by atoms with Crippen molar-refractivity contribution in [3.8, 4) is 11.4 Å². The molecule has 2 unspecified atom stereocenters. The fraction of sp³-hybridized carbons (Fsp3) is 0.528. The van der Waals surface area contributed by atoms with Crippen LogP contribution >= 0.6 is 0 Å². The summed E-state index contributed by atoms with van der Waals surface area (Å²) in [6, 6.07) is 25.4. The van der Waals surface area contributed by atoms with Crippen molar-refractivity contribution >= 4 is 46.6 Å². The normalized spacial score (nSPS) is 12.3. The molecule has 6 rings (SSSR count). The van der Waals surface area contributed by atoms with Crippen molar-refractivity contribution in [1.82, 2.24) is 19.6 Å². The first kappa shape index (κ1) is 71.1. The van der Waals surface area contributed by atoms with E-state index < -0.39 is 35.0 Å². The number of aromatic nitrogens is 4. The van der Waals surface area contributed by atoms with Gasteiger partial charge in [0.2, 0.25) is 0 Å². The predicted octanol–water partition coefficient (Wildman–Crippen LogP) is 19.5. The Hall–Kier alpha value is -8.02. The molecule has 0 bridgehead atoms. The van der Waals surface area contributed by atoms with Crippen LogP contribution < -0.4 is 11.1 Å². The van der Waals surface area contributed by atoms with Gasteiger partial charge in [-0.25, -0.2) is 28.5 Å². The number of ether oxygens (including phenoxy) is 2. The molecule has 18 nitrogen and oxygen atoms in total. The summed E-state index contributed by atoms with van der Waals surface area (Å²) >= 11 is 0. The number of aromatic amines is 2. The van der Waals surface area contributed by atoms with E-state index in [0.717, 1.165) is 63.2 Å². The summed E-state index contributed by atoms with van der Waals surface area (Å²) < 4.78 is 14.0. The highest BCUT2D eigenvalue weighted by Crippen LogP contribution is 2.34. The number of carboxylic acid groups (broad SMARTS) is 2. The monoisotopic (exact) mass is 1230 g/mol. The molecule has 0 saturated carbocycles. The summed E-state index contributed by atoms with van der Waals surface area (Å²) in [7, 11) is 0. The smallest absolute Gasteiger partial charge is 0.340 e. The molecule has 0 aliphatic carbocycles. The van der Waals surface area contributed by atoms with Gasteiger partial charge < -0.3 is 19.7 Å². The molecule has 0 saturated heterocycles. The van der Waals surface area contributed by atoms with Crippen LogP contribution in [0.25, 0.3) is 11.4 Å². The Kier molecular flexibility index (Phi) is 31.5. The van der Waals surface area contributed by atoms with Gasteiger partial charge in [0.1, 0.15) is 11.4 Å². The minimum Gasteiger partial charge on any atom is -0.478 e. The Bertz CT molecular complexity index is 3100. The van der Waals surface area contributed by atoms with Crippen molar-refractivity contribution in [3.05, 3.63) is 151 Å². The molecule has 4 aromatic carbocycles. The topological polar surface area (TPSA) is 252 Å². The van der Waals surface area contributed by atoms with Crippen LogP contribution in [0.3, 0.4) is 0 Å². The van der Waals surface area contributed by atoms with Crippen LogP contribution in [0.1, 0.15) is 259 Å². The highest BCUT2D eigenvalue weighted by Gasteiger charge is 2.22. The van der Waals surface area contributed by atoms with E-state index in [4.69, 9.17) is 9.47 Å². The number of carbonyl (C=O) groups is 4. The van der Waals surface area contributed by atoms with Gasteiger partial charge in [-0.3, -0.25) is 19.8 Å². The minimum absolute atomic E-state index is 0.0718. The zero-order chi connectivity index (χ0) is 64.3. The lowest BCUT2D eigenvalue weighted by atomic mass is 9.78. The number of carbonyl (C=O) groups excluding carboxylic acids is 2. The van der Waals surface area contributed by atoms with E-state index in [-0.39, 0.29) is 45.0 Å². The van der Waals surface area contributed by atoms with Gasteiger partial charge in [0.05, 0.1) is 58.2 Å². The first-order valence-electron chi connectivity index (χ1n) is 33.5. The Balaban J connectivity index is 0.927. The average Bonchev–Trinajstić information content (AvgIpc) is 2.06. The largest absolute Gasteiger partial charge is 0.478 e. The molecule has 2 atom stereocenters. The van der Waals surface area contributed by atoms with Gasteiger partial charge in [-0.2, -0.15) is 0 Å². The Morgan fingerprint density at radius 1 is 0.411 bits per heavy atom. The highest BCUT2D eigenvalue weighted by molar-refractivity contribution is 5.95. The molecule has 6 aromatic rings. The zero-order valence-corrected chi connectivity index (χ0v) is 53.9. The maximum absolute atomic E-state index is 13.3. The molecule has 90 heavy (non-hydrogen) atoms. The third-order valence-corrected chi connectivity index (χ3v) is 17.0. The summed E-state index contributed by atoms with van der Waals surface area (Å²) in [5, 5.41) is 41.5. The molecular formula is C72H98N8O10. The number of aryl methyl sites for hydroxylation is 2. The number of nitrogens with one attached hydrogen (secondary N) is 2. The van der Waals surface area contributed by atoms with Crippen molar-refractivity contribution < 1.29 is 38.9 Å². The molecule has 2 aromatic heterocycles. The fourth-order valence-corrected chi connectivity index (χ4v) is 11.7. The summed E-state index contributed by atoms with van der Waals surface area (Å²) in [6.07, 6.45) is 36.7. The van der Waals surface area contributed by atoms with Crippen LogP contribution in [0.4, 0.5) is 22.7 Å². The molecule has 486 valence electrons. The number of rotatable bonds is 45. The summed E-state index contributed by atoms with van der Waals surface area (Å²) in [6.45, 7) is 8.55. The Morgan fingerprint density at radius 3 is 1.03 bits per heavy atom. The zero-order valence-electron chi connectivity index (χ0n) is 53.9. The molecule has 0 amide bonds. The minimum atomic E-state index is -1.06. The first-order chi connectivity index (χ1) is 43.8. The highest BCUT2D eigenvalue weighted by atomic mass is 16.5. The number of esters is 2. The summed E-state index contributed by atoms with van der Waals surface area (Å²) in [4.78, 5) is 75.8. The predicted molar refractivity (Wildman–Crippen MR) is 355 cm³/mol. The van der Waals surface area contributed by atoms with Gasteiger partial charge in [0.15, 0.2) is 11.4 Å². The number of benzene rings is 4. The van der Waals surface area contributed by atoms with Crippen LogP contribution in [0.15, 0.2) is 127 Å². The summed E-state index contributed by atoms with van der Waals surface area (Å²) in [5.74, 6) is -1.59. The van der Waals surface area contributed by atoms with Gasteiger partial charge in [0.25, 0.3) is 11.1 Å². The molecule has 18 heteroatoms. The number of nitrogens with zero attached hydrogens (tertiary/aromatic N) is 6. The van der Waals surface area contributed by atoms with Crippen LogP contribution in [0, 0.1) is 25.7 Å². The van der Waals surface area contributed by atoms with E-state index in [9.17, 15) is 39.0 Å². The number of H-pyrrole nitrogens is 2. The van der Waals surface area contributed by atoms with Crippen molar-refractivity contribution in [2.24, 2.45) is 32.3 Å². The van der Waals surface area contributed by atoms with Crippen LogP contribution in [-0.2, 0) is 9.47 Å². The second kappa shape index (κ2) is 39.9. The van der Waals surface area contributed by atoms with E-state index in [0.29, 0.717) is 36.0 Å². The lowest BCUT2D eigenvalue weighted by Gasteiger charge is -2.28. The van der Waals surface area contributed by atoms with Gasteiger partial charge in [-0.15, -0.1) is 20.5 Å². The molecule has 0 aliphatic rings. The van der Waals surface area contributed by atoms with E-state index in [1.54, 1.807) is 62.4 Å². The SMILES string of the molecule is CCCCCCCCCC(CCCCCCCCOC(=O)c1ccccc1N=Nc1c(C)[nH]n(-c2ccc(C(=O)O)cc2)c1=O)C(CCCCCCCCC)CCCCCCCCOC(=O)c1ccccc1N=Nc1c(C)[nH]n(-c2ccc(C(=O)O)cc2)c1=O. The molecular weight excluding hydrogens is 1140 g/mol. The van der Waals surface area contributed by atoms with Gasteiger partial charge in [-0.1, -0.05) is 218 Å². The molecule has 2 heterocycles. The molecule has 0 fully saturated rings. The Labute approximate surface area is 531 Å². The molecule has 4 N–H and O–H groups in total. The third-order valence-electron chi connectivity index (χ3n) is 17.0. The fourth-order valence-electron chi connectivity index (χ4n) is 11.7. The van der Waals surface area contributed by atoms with Crippen LogP contribution in [0.5, 0.6) is 0 Å². The first-order valence-corrected chi connectivity index (χ1v) is 33.5. The maximum Gasteiger partial charge on any atom is 0.340 e. The quantitative estimate of drug-likeness (QED) is 0.0160. The van der Waals surface area contributed by atoms with Gasteiger partial charge in [0, 0.05) is 0 Å². The van der Waals surface area contributed by atoms with Gasteiger partial charge >= 0.3 is 23.9 Å². The lowest BCUT2D eigenvalue weighted by molar-refractivity contribution is 0.0489. The lowest BCUT2D eigenvalue weighted by Crippen LogP contribution is -2.16. The van der Waals surface area contributed by atoms with Crippen molar-refractivity contribution in [3.63, 3.8) is 0 Å². The standard InChI is InChI=1S/C72H98N8O10/c1-5-7-9-11-13-19-25-35-55(37-27-21-15-17-23-33-51-89-71(87)61-39-29-31-41-63(61)73-75-65-53(3)77-79(67(65)81)59-47-43-57(44-48-59)69(83)84)56(36-26-20-14-12-10-8-6-2)38-28-22-16-18-24-34-52-90-72(88)62-40-30-32-42-64(62)74-76-66-54(4)78-80(68(66)82)60-49-45-58(46-50-60)70(85)86/h29-32,39-50,55-56,77-78H,5-28,33-38,51-52H2,1-4H3,(H,83,84)(H,85,86). The number of unbranched alkanes of at least 4 members (excludes halogenated alkanes) is 22. The van der Waals surface area contributed by atoms with Crippen LogP contribution in [-0.4, -0.2) is 66.9 Å². The Morgan fingerprint density at radius 2 is 0.711 bits per heavy atom. The molecule has 0 aliphatic heterocycles. The number of hydrogen-bond donors (Lipinski definition) is 4. The second-order valence-corrected chi connectivity index (χ2v) is 24.0. The number of carboxylic acids is 2. The van der Waals surface area contributed by atoms with Crippen molar-refractivity contribution in [2.75, 3.05) is 13.2 Å². The molecule has 0 radical (unpaired) electrons. The summed E-state index contributed by atoms with van der Waals surface area (Å²) in [5.41, 5.74) is 2.36. The maximum atomic E-state index is 13.3. The number of hydrogen-bond acceptors (Lipinski definition) is 12. The number of azo groups is 2. The number of aromatic carboxylic acids is 2. The van der Waals surface area contributed by atoms with E-state index >= 15 is 0 Å². The molecule has 0 spiro atoms. The van der Waals surface area contributed by atoms with E-state index in [1.807, 2.05) is 0 Å². The second-order valence-electron chi connectivity index (χ2n) is 24.0. The van der Waals surface area contributed by atoms with E-state index in [1.165, 1.54) is 199 Å². The van der Waals surface area contributed by atoms with Crippen molar-refractivity contribution in [1.29, 1.82) is 0 Å². The third kappa shape index (κ3) is 23.4. The van der Waals surface area contributed by atoms with E-state index in [2.05, 4.69) is 44.5 Å². The average molecular weight is 1240 g/mol.